The van der Waals surface area contributed by atoms with E-state index in [2.05, 4.69) is 32.3 Å². The zero-order valence-electron chi connectivity index (χ0n) is 9.67. The monoisotopic (exact) mass is 342 g/mol. The van der Waals surface area contributed by atoms with E-state index < -0.39 is 0 Å². The predicted molar refractivity (Wildman–Crippen MR) is 80.6 cm³/mol. The molecule has 3 rings (SSSR count). The summed E-state index contributed by atoms with van der Waals surface area (Å²) in [7, 11) is 0. The molecule has 2 aromatic rings. The molecule has 0 aromatic carbocycles. The van der Waals surface area contributed by atoms with Crippen LogP contribution < -0.4 is 5.32 Å². The van der Waals surface area contributed by atoms with Gasteiger partial charge in [-0.1, -0.05) is 11.6 Å². The average molecular weight is 344 g/mol. The molecular weight excluding hydrogens is 332 g/mol. The SMILES string of the molecule is Clc1cc(Br)cnc1NCc1cc2c(s1)CCC2. The topological polar surface area (TPSA) is 24.9 Å². The second-order valence-corrected chi connectivity index (χ2v) is 6.90. The lowest BCUT2D eigenvalue weighted by atomic mass is 10.2. The van der Waals surface area contributed by atoms with Gasteiger partial charge in [0.2, 0.25) is 0 Å². The van der Waals surface area contributed by atoms with Crippen LogP contribution in [0.5, 0.6) is 0 Å². The van der Waals surface area contributed by atoms with Crippen molar-refractivity contribution in [2.45, 2.75) is 25.8 Å². The number of nitrogens with zero attached hydrogens (tertiary/aromatic N) is 1. The first kappa shape index (κ1) is 12.5. The molecule has 0 fully saturated rings. The Labute approximate surface area is 124 Å². The summed E-state index contributed by atoms with van der Waals surface area (Å²) in [6, 6.07) is 4.16. The van der Waals surface area contributed by atoms with Gasteiger partial charge in [0.15, 0.2) is 0 Å². The van der Waals surface area contributed by atoms with E-state index in [-0.39, 0.29) is 0 Å². The van der Waals surface area contributed by atoms with Gasteiger partial charge in [-0.05, 0) is 52.9 Å². The summed E-state index contributed by atoms with van der Waals surface area (Å²) in [5.74, 6) is 0.744. The highest BCUT2D eigenvalue weighted by Gasteiger charge is 2.14. The normalized spacial score (nSPS) is 13.7. The first-order chi connectivity index (χ1) is 8.72. The number of rotatable bonds is 3. The summed E-state index contributed by atoms with van der Waals surface area (Å²) < 4.78 is 0.896. The highest BCUT2D eigenvalue weighted by molar-refractivity contribution is 9.10. The van der Waals surface area contributed by atoms with Gasteiger partial charge in [0.25, 0.3) is 0 Å². The fourth-order valence-corrected chi connectivity index (χ4v) is 4.09. The molecule has 0 bridgehead atoms. The number of hydrogen-bond acceptors (Lipinski definition) is 3. The van der Waals surface area contributed by atoms with Gasteiger partial charge in [0.1, 0.15) is 5.82 Å². The maximum atomic E-state index is 6.12. The molecule has 0 spiro atoms. The van der Waals surface area contributed by atoms with E-state index in [0.29, 0.717) is 5.02 Å². The van der Waals surface area contributed by atoms with Gasteiger partial charge in [0, 0.05) is 20.4 Å². The van der Waals surface area contributed by atoms with Crippen LogP contribution in [0.3, 0.4) is 0 Å². The minimum absolute atomic E-state index is 0.647. The zero-order valence-corrected chi connectivity index (χ0v) is 12.8. The van der Waals surface area contributed by atoms with Crippen LogP contribution in [-0.4, -0.2) is 4.98 Å². The van der Waals surface area contributed by atoms with Gasteiger partial charge in [-0.2, -0.15) is 0 Å². The Balaban J connectivity index is 1.70. The second kappa shape index (κ2) is 5.19. The van der Waals surface area contributed by atoms with Crippen LogP contribution in [0.15, 0.2) is 22.8 Å². The summed E-state index contributed by atoms with van der Waals surface area (Å²) in [5.41, 5.74) is 1.53. The van der Waals surface area contributed by atoms with Crippen LogP contribution in [0.1, 0.15) is 21.7 Å². The van der Waals surface area contributed by atoms with Crippen LogP contribution in [0.25, 0.3) is 0 Å². The fraction of sp³-hybridized carbons (Fsp3) is 0.308. The summed E-state index contributed by atoms with van der Waals surface area (Å²) in [5, 5.41) is 3.94. The van der Waals surface area contributed by atoms with E-state index in [1.54, 1.807) is 11.1 Å². The fourth-order valence-electron chi connectivity index (χ4n) is 2.19. The lowest BCUT2D eigenvalue weighted by Crippen LogP contribution is -2.00. The first-order valence-corrected chi connectivity index (χ1v) is 7.86. The van der Waals surface area contributed by atoms with Crippen LogP contribution in [0, 0.1) is 0 Å². The van der Waals surface area contributed by atoms with Crippen molar-refractivity contribution in [2.24, 2.45) is 0 Å². The van der Waals surface area contributed by atoms with E-state index in [1.165, 1.54) is 29.7 Å². The van der Waals surface area contributed by atoms with Crippen molar-refractivity contribution in [1.29, 1.82) is 0 Å². The Morgan fingerprint density at radius 1 is 1.39 bits per heavy atom. The van der Waals surface area contributed by atoms with Crippen molar-refractivity contribution in [3.63, 3.8) is 0 Å². The molecule has 2 aromatic heterocycles. The Morgan fingerprint density at radius 2 is 2.28 bits per heavy atom. The molecule has 1 aliphatic rings. The van der Waals surface area contributed by atoms with E-state index in [0.717, 1.165) is 16.8 Å². The van der Waals surface area contributed by atoms with Gasteiger partial charge in [0.05, 0.1) is 11.6 Å². The Morgan fingerprint density at radius 3 is 3.06 bits per heavy atom. The van der Waals surface area contributed by atoms with Crippen LogP contribution in [0.4, 0.5) is 5.82 Å². The van der Waals surface area contributed by atoms with E-state index >= 15 is 0 Å². The molecule has 0 unspecified atom stereocenters. The minimum Gasteiger partial charge on any atom is -0.364 e. The van der Waals surface area contributed by atoms with E-state index in [4.69, 9.17) is 11.6 Å². The molecule has 0 aliphatic heterocycles. The van der Waals surface area contributed by atoms with Crippen molar-refractivity contribution in [1.82, 2.24) is 4.98 Å². The zero-order chi connectivity index (χ0) is 12.5. The molecule has 5 heteroatoms. The Bertz CT molecular complexity index is 561. The standard InChI is InChI=1S/C13H12BrClN2S/c14-9-5-11(15)13(16-6-9)17-7-10-4-8-2-1-3-12(8)18-10/h4-6H,1-3,7H2,(H,16,17). The molecule has 2 nitrogen and oxygen atoms in total. The summed E-state index contributed by atoms with van der Waals surface area (Å²) >= 11 is 11.4. The molecular formula is C13H12BrClN2S. The van der Waals surface area contributed by atoms with Crippen molar-refractivity contribution >= 4 is 44.7 Å². The van der Waals surface area contributed by atoms with Gasteiger partial charge < -0.3 is 5.32 Å². The number of anilines is 1. The number of halogens is 2. The summed E-state index contributed by atoms with van der Waals surface area (Å²) in [6.45, 7) is 0.798. The number of pyridine rings is 1. The molecule has 1 aliphatic carbocycles. The molecule has 0 saturated carbocycles. The number of thiophene rings is 1. The predicted octanol–water partition coefficient (Wildman–Crippen LogP) is 4.66. The third kappa shape index (κ3) is 2.56. The maximum absolute atomic E-state index is 6.12. The molecule has 0 radical (unpaired) electrons. The van der Waals surface area contributed by atoms with E-state index in [1.807, 2.05) is 17.4 Å². The number of aromatic nitrogens is 1. The highest BCUT2D eigenvalue weighted by atomic mass is 79.9. The average Bonchev–Trinajstić information content (AvgIpc) is 2.88. The minimum atomic E-state index is 0.647. The highest BCUT2D eigenvalue weighted by Crippen LogP contribution is 2.31. The molecule has 1 N–H and O–H groups in total. The first-order valence-electron chi connectivity index (χ1n) is 5.88. The molecule has 0 amide bonds. The van der Waals surface area contributed by atoms with Crippen molar-refractivity contribution in [2.75, 3.05) is 5.32 Å². The van der Waals surface area contributed by atoms with Crippen molar-refractivity contribution in [3.05, 3.63) is 43.1 Å². The molecule has 0 saturated heterocycles. The molecule has 0 atom stereocenters. The number of aryl methyl sites for hydroxylation is 2. The third-order valence-electron chi connectivity index (χ3n) is 3.04. The largest absolute Gasteiger partial charge is 0.364 e. The van der Waals surface area contributed by atoms with Gasteiger partial charge >= 0.3 is 0 Å². The lowest BCUT2D eigenvalue weighted by molar-refractivity contribution is 0.913. The summed E-state index contributed by atoms with van der Waals surface area (Å²) in [4.78, 5) is 7.19. The van der Waals surface area contributed by atoms with Crippen LogP contribution >= 0.6 is 38.9 Å². The lowest BCUT2D eigenvalue weighted by Gasteiger charge is -2.06. The van der Waals surface area contributed by atoms with Crippen molar-refractivity contribution in [3.8, 4) is 0 Å². The second-order valence-electron chi connectivity index (χ2n) is 4.35. The van der Waals surface area contributed by atoms with Crippen molar-refractivity contribution < 1.29 is 0 Å². The number of hydrogen-bond donors (Lipinski definition) is 1. The van der Waals surface area contributed by atoms with Gasteiger partial charge in [-0.15, -0.1) is 11.3 Å². The van der Waals surface area contributed by atoms with Gasteiger partial charge in [-0.25, -0.2) is 4.98 Å². The quantitative estimate of drug-likeness (QED) is 0.876. The molecule has 18 heavy (non-hydrogen) atoms. The Hall–Kier alpha value is -0.580. The molecule has 94 valence electrons. The Kier molecular flexibility index (Phi) is 3.59. The van der Waals surface area contributed by atoms with Crippen LogP contribution in [-0.2, 0) is 19.4 Å². The van der Waals surface area contributed by atoms with E-state index in [9.17, 15) is 0 Å². The molecule has 2 heterocycles. The summed E-state index contributed by atoms with van der Waals surface area (Å²) in [6.07, 6.45) is 5.55. The third-order valence-corrected chi connectivity index (χ3v) is 4.99. The maximum Gasteiger partial charge on any atom is 0.145 e. The van der Waals surface area contributed by atoms with Gasteiger partial charge in [-0.3, -0.25) is 0 Å². The smallest absolute Gasteiger partial charge is 0.145 e. The number of fused-ring (bicyclic) bond motifs is 1. The van der Waals surface area contributed by atoms with Crippen LogP contribution in [0.2, 0.25) is 5.02 Å². The number of nitrogens with one attached hydrogen (secondary N) is 1.